The fraction of sp³-hybridized carbons (Fsp3) is 0.474. The number of furan rings is 2. The third-order valence-corrected chi connectivity index (χ3v) is 18.7. The van der Waals surface area contributed by atoms with Crippen molar-refractivity contribution in [1.29, 1.82) is 0 Å². The molecule has 2 fully saturated rings. The van der Waals surface area contributed by atoms with Crippen molar-refractivity contribution >= 4 is 99.8 Å². The Hall–Kier alpha value is -4.44. The van der Waals surface area contributed by atoms with Gasteiger partial charge in [0.25, 0.3) is 42.4 Å². The van der Waals surface area contributed by atoms with Gasteiger partial charge >= 0.3 is 0 Å². The lowest BCUT2D eigenvalue weighted by Crippen LogP contribution is -2.36. The minimum Gasteiger partial charge on any atom is -0.504 e. The van der Waals surface area contributed by atoms with Crippen LogP contribution in [0.25, 0.3) is 0 Å². The van der Waals surface area contributed by atoms with Crippen LogP contribution in [-0.4, -0.2) is 93.6 Å². The van der Waals surface area contributed by atoms with Crippen molar-refractivity contribution in [2.24, 2.45) is 17.6 Å². The van der Waals surface area contributed by atoms with Gasteiger partial charge in [0.15, 0.2) is 43.3 Å². The first kappa shape index (κ1) is 47.5. The summed E-state index contributed by atoms with van der Waals surface area (Å²) in [7, 11) is -7.53. The number of thiophene rings is 2. The predicted octanol–water partition coefficient (Wildman–Crippen LogP) is 6.18. The molecule has 4 aromatic rings. The van der Waals surface area contributed by atoms with Crippen molar-refractivity contribution in [3.63, 3.8) is 0 Å². The van der Waals surface area contributed by atoms with E-state index in [9.17, 15) is 35.5 Å². The van der Waals surface area contributed by atoms with E-state index in [0.29, 0.717) is 50.7 Å². The Morgan fingerprint density at radius 2 is 1.09 bits per heavy atom. The first-order valence-corrected chi connectivity index (χ1v) is 27.3. The highest BCUT2D eigenvalue weighted by Crippen LogP contribution is 2.41. The van der Waals surface area contributed by atoms with Crippen LogP contribution in [0.2, 0.25) is 0 Å². The number of nitrogens with one attached hydrogen (secondary N) is 4. The Morgan fingerprint density at radius 1 is 0.688 bits per heavy atom. The number of nitrogens with zero attached hydrogens (tertiary/aromatic N) is 6. The first-order valence-electron chi connectivity index (χ1n) is 20.5. The molecule has 2 unspecified atom stereocenters. The van der Waals surface area contributed by atoms with Crippen molar-refractivity contribution < 1.29 is 44.3 Å². The maximum absolute atomic E-state index is 12.8. The topological polar surface area (TPSA) is 273 Å². The average Bonchev–Trinajstić information content (AvgIpc) is 4.10. The quantitative estimate of drug-likeness (QED) is 0.0874. The molecule has 348 valence electrons. The summed E-state index contributed by atoms with van der Waals surface area (Å²) in [5.74, 6) is 1.78. The van der Waals surface area contributed by atoms with Gasteiger partial charge in [-0.1, -0.05) is 27.7 Å². The number of hydrogen-bond donors (Lipinski definition) is 6. The van der Waals surface area contributed by atoms with E-state index in [1.807, 2.05) is 32.9 Å². The monoisotopic (exact) mass is 998 g/mol. The van der Waals surface area contributed by atoms with E-state index in [-0.39, 0.29) is 66.7 Å². The number of amidine groups is 4. The molecular formula is C38H50N10O10S6. The summed E-state index contributed by atoms with van der Waals surface area (Å²) in [6, 6.07) is 3.41. The third kappa shape index (κ3) is 10.3. The van der Waals surface area contributed by atoms with Crippen LogP contribution in [0.5, 0.6) is 11.5 Å². The van der Waals surface area contributed by atoms with Crippen LogP contribution in [0.15, 0.2) is 70.3 Å². The van der Waals surface area contributed by atoms with E-state index in [4.69, 9.17) is 8.83 Å². The Bertz CT molecular complexity index is 2740. The van der Waals surface area contributed by atoms with Gasteiger partial charge in [0.2, 0.25) is 0 Å². The van der Waals surface area contributed by atoms with Crippen molar-refractivity contribution in [3.8, 4) is 11.5 Å². The second kappa shape index (κ2) is 20.0. The number of rotatable bonds is 13. The van der Waals surface area contributed by atoms with Gasteiger partial charge in [0, 0.05) is 36.9 Å². The van der Waals surface area contributed by atoms with Crippen LogP contribution in [0.1, 0.15) is 107 Å². The van der Waals surface area contributed by atoms with Gasteiger partial charge < -0.3 is 40.3 Å². The summed E-state index contributed by atoms with van der Waals surface area (Å²) in [5, 5.41) is 36.3. The summed E-state index contributed by atoms with van der Waals surface area (Å²) < 4.78 is 105. The SMILES string of the molecule is CC[C@@H](NC1=NS(=O)N=C1Nc1csc(S(=O)(=O)N2CCCC2)c1O)c1cc(C(C)C)co1.CC[C@@H](NC1=NS(=O)N=C1Nc1csc(S(=O)(=O)N2CCCC2)c1O)c1cc(C)co1. The number of anilines is 2. The first-order chi connectivity index (χ1) is 30.5. The van der Waals surface area contributed by atoms with Gasteiger partial charge in [0.1, 0.15) is 11.5 Å². The second-order valence-electron chi connectivity index (χ2n) is 15.4. The van der Waals surface area contributed by atoms with Gasteiger partial charge in [0.05, 0.1) is 36.0 Å². The second-order valence-corrected chi connectivity index (χ2v) is 23.1. The fourth-order valence-corrected chi connectivity index (χ4v) is 14.0. The molecule has 0 amide bonds. The smallest absolute Gasteiger partial charge is 0.269 e. The lowest BCUT2D eigenvalue weighted by molar-refractivity contribution is 0.439. The van der Waals surface area contributed by atoms with Crippen LogP contribution in [0, 0.1) is 6.92 Å². The molecule has 6 N–H and O–H groups in total. The molecule has 2 saturated heterocycles. The van der Waals surface area contributed by atoms with Crippen molar-refractivity contribution in [3.05, 3.63) is 58.1 Å². The molecular weight excluding hydrogens is 949 g/mol. The molecule has 64 heavy (non-hydrogen) atoms. The maximum atomic E-state index is 12.8. The number of sulfonamides is 2. The highest BCUT2D eigenvalue weighted by Gasteiger charge is 2.35. The molecule has 0 aliphatic carbocycles. The standard InChI is InChI=1S/C20H27N5O5S3.C18H23N5O5S3/c1-4-14(16-9-13(10-30-16)12(2)3)21-18-19(24-32(27)23-18)22-15-11-31-20(17(15)26)33(28,29)25-7-5-6-8-25;1-3-12(14-8-11(2)9-28-14)19-16-17(22-30(25)21-16)20-13-10-29-18(15(13)24)31(26,27)23-6-4-5-7-23/h9-12,14,26H,4-8H2,1-3H3,(H,21,23)(H,22,24);8-10,12,24H,3-7H2,1-2H3,(H,19,21)(H,20,22)/t14-,32?;12-,30?/m11/s1. The maximum Gasteiger partial charge on any atom is 0.269 e. The zero-order valence-electron chi connectivity index (χ0n) is 35.6. The molecule has 4 aliphatic heterocycles. The molecule has 0 saturated carbocycles. The highest BCUT2D eigenvalue weighted by atomic mass is 32.3. The predicted molar refractivity (Wildman–Crippen MR) is 250 cm³/mol. The molecule has 0 spiro atoms. The number of aryl methyl sites for hydroxylation is 1. The molecule has 8 heterocycles. The van der Waals surface area contributed by atoms with Crippen LogP contribution >= 0.6 is 22.7 Å². The van der Waals surface area contributed by atoms with Gasteiger partial charge in [-0.3, -0.25) is 0 Å². The Balaban J connectivity index is 0.000000192. The molecule has 0 bridgehead atoms. The minimum absolute atomic E-state index is 0.124. The summed E-state index contributed by atoms with van der Waals surface area (Å²) in [6.07, 6.45) is 7.93. The number of hydrogen-bond acceptors (Lipinski definition) is 16. The molecule has 20 nitrogen and oxygen atoms in total. The van der Waals surface area contributed by atoms with Crippen LogP contribution < -0.4 is 21.3 Å². The Labute approximate surface area is 384 Å². The fourth-order valence-electron chi connectivity index (χ4n) is 7.01. The van der Waals surface area contributed by atoms with E-state index >= 15 is 0 Å². The summed E-state index contributed by atoms with van der Waals surface area (Å²) in [4.78, 5) is 0. The summed E-state index contributed by atoms with van der Waals surface area (Å²) in [5.41, 5.74) is 2.38. The van der Waals surface area contributed by atoms with Gasteiger partial charge in [-0.2, -0.15) is 8.61 Å². The van der Waals surface area contributed by atoms with Crippen molar-refractivity contribution in [2.45, 2.75) is 99.6 Å². The minimum atomic E-state index is -3.77. The van der Waals surface area contributed by atoms with E-state index < -0.39 is 42.4 Å². The molecule has 4 aliphatic rings. The largest absolute Gasteiger partial charge is 0.504 e. The normalized spacial score (nSPS) is 20.3. The van der Waals surface area contributed by atoms with Crippen LogP contribution in [0.3, 0.4) is 0 Å². The molecule has 8 rings (SSSR count). The van der Waals surface area contributed by atoms with E-state index in [1.54, 1.807) is 12.5 Å². The van der Waals surface area contributed by atoms with E-state index in [2.05, 4.69) is 52.7 Å². The van der Waals surface area contributed by atoms with Crippen LogP contribution in [0.4, 0.5) is 11.4 Å². The third-order valence-electron chi connectivity index (χ3n) is 10.6. The van der Waals surface area contributed by atoms with Crippen LogP contribution in [-0.2, 0) is 42.4 Å². The van der Waals surface area contributed by atoms with E-state index in [0.717, 1.165) is 65.2 Å². The van der Waals surface area contributed by atoms with Crippen molar-refractivity contribution in [1.82, 2.24) is 19.2 Å². The lowest BCUT2D eigenvalue weighted by Gasteiger charge is -2.17. The molecule has 0 aromatic carbocycles. The van der Waals surface area contributed by atoms with Gasteiger partial charge in [-0.15, -0.1) is 40.3 Å². The zero-order valence-corrected chi connectivity index (χ0v) is 40.5. The van der Waals surface area contributed by atoms with Gasteiger partial charge in [-0.25, -0.2) is 25.3 Å². The lowest BCUT2D eigenvalue weighted by atomic mass is 10.1. The molecule has 4 aromatic heterocycles. The highest BCUT2D eigenvalue weighted by molar-refractivity contribution is 7.91. The molecule has 26 heteroatoms. The van der Waals surface area contributed by atoms with E-state index in [1.165, 1.54) is 19.4 Å². The van der Waals surface area contributed by atoms with Gasteiger partial charge in [-0.05, 0) is 74.6 Å². The van der Waals surface area contributed by atoms with Crippen molar-refractivity contribution in [2.75, 3.05) is 36.8 Å². The summed E-state index contributed by atoms with van der Waals surface area (Å²) >= 11 is -1.81. The average molecular weight is 999 g/mol. The molecule has 4 atom stereocenters. The zero-order chi connectivity index (χ0) is 45.9. The summed E-state index contributed by atoms with van der Waals surface area (Å²) in [6.45, 7) is 11.8. The molecule has 0 radical (unpaired) electrons. The number of aromatic hydroxyl groups is 2. The Morgan fingerprint density at radius 3 is 1.47 bits per heavy atom. The Kier molecular flexibility index (Phi) is 14.8.